The third-order valence-electron chi connectivity index (χ3n) is 3.47. The predicted molar refractivity (Wildman–Crippen MR) is 84.5 cm³/mol. The van der Waals surface area contributed by atoms with Gasteiger partial charge in [0.2, 0.25) is 5.91 Å². The molecule has 3 nitrogen and oxygen atoms in total. The van der Waals surface area contributed by atoms with E-state index in [0.29, 0.717) is 0 Å². The first-order valence-electron chi connectivity index (χ1n) is 7.04. The zero-order valence-electron chi connectivity index (χ0n) is 12.8. The molecule has 0 radical (unpaired) electrons. The molecule has 6 heteroatoms. The number of hydrogen-bond donors (Lipinski definition) is 2. The van der Waals surface area contributed by atoms with Crippen molar-refractivity contribution in [2.24, 2.45) is 0 Å². The Kier molecular flexibility index (Phi) is 4.93. The summed E-state index contributed by atoms with van der Waals surface area (Å²) in [5.74, 6) is -0.542. The van der Waals surface area contributed by atoms with E-state index in [9.17, 15) is 18.0 Å². The second-order valence-corrected chi connectivity index (χ2v) is 5.24. The summed E-state index contributed by atoms with van der Waals surface area (Å²) in [5.41, 5.74) is 1.83. The second kappa shape index (κ2) is 6.73. The summed E-state index contributed by atoms with van der Waals surface area (Å²) in [6, 6.07) is 10.5. The molecule has 0 saturated carbocycles. The summed E-state index contributed by atoms with van der Waals surface area (Å²) in [7, 11) is 0. The number of amides is 1. The Morgan fingerprint density at radius 2 is 1.74 bits per heavy atom. The van der Waals surface area contributed by atoms with Gasteiger partial charge in [-0.05, 0) is 49.2 Å². The Balaban J connectivity index is 2.02. The standard InChI is InChI=1S/C17H17F3N2O/c1-11-7-8-13(9-12(11)2)21-10-16(23)22-15-6-4-3-5-14(15)17(18,19)20/h3-9,21H,10H2,1-2H3,(H,22,23). The molecule has 23 heavy (non-hydrogen) atoms. The molecule has 2 rings (SSSR count). The van der Waals surface area contributed by atoms with Gasteiger partial charge >= 0.3 is 6.18 Å². The Morgan fingerprint density at radius 3 is 2.39 bits per heavy atom. The minimum Gasteiger partial charge on any atom is -0.376 e. The summed E-state index contributed by atoms with van der Waals surface area (Å²) < 4.78 is 38.6. The van der Waals surface area contributed by atoms with Crippen LogP contribution in [-0.4, -0.2) is 12.5 Å². The fraction of sp³-hybridized carbons (Fsp3) is 0.235. The van der Waals surface area contributed by atoms with Gasteiger partial charge in [-0.2, -0.15) is 13.2 Å². The van der Waals surface area contributed by atoms with Crippen LogP contribution in [0.1, 0.15) is 16.7 Å². The van der Waals surface area contributed by atoms with Crippen molar-refractivity contribution < 1.29 is 18.0 Å². The highest BCUT2D eigenvalue weighted by molar-refractivity contribution is 5.94. The predicted octanol–water partition coefficient (Wildman–Crippen LogP) is 4.37. The summed E-state index contributed by atoms with van der Waals surface area (Å²) in [6.45, 7) is 3.80. The lowest BCUT2D eigenvalue weighted by Gasteiger charge is -2.14. The Morgan fingerprint density at radius 1 is 1.04 bits per heavy atom. The highest BCUT2D eigenvalue weighted by Crippen LogP contribution is 2.34. The van der Waals surface area contributed by atoms with Crippen molar-refractivity contribution in [3.05, 3.63) is 59.2 Å². The van der Waals surface area contributed by atoms with Crippen molar-refractivity contribution >= 4 is 17.3 Å². The Labute approximate surface area is 132 Å². The van der Waals surface area contributed by atoms with E-state index in [1.807, 2.05) is 32.0 Å². The maximum atomic E-state index is 12.9. The number of carbonyl (C=O) groups excluding carboxylic acids is 1. The molecular formula is C17H17F3N2O. The molecule has 2 N–H and O–H groups in total. The first-order chi connectivity index (χ1) is 10.8. The van der Waals surface area contributed by atoms with E-state index in [2.05, 4.69) is 10.6 Å². The van der Waals surface area contributed by atoms with Gasteiger partial charge in [0.05, 0.1) is 17.8 Å². The molecule has 0 aromatic heterocycles. The van der Waals surface area contributed by atoms with Gasteiger partial charge in [-0.1, -0.05) is 18.2 Å². The first kappa shape index (κ1) is 16.9. The fourth-order valence-electron chi connectivity index (χ4n) is 2.07. The molecule has 0 atom stereocenters. The molecule has 0 fully saturated rings. The van der Waals surface area contributed by atoms with Crippen molar-refractivity contribution in [3.63, 3.8) is 0 Å². The molecule has 122 valence electrons. The zero-order chi connectivity index (χ0) is 17.0. The number of para-hydroxylation sites is 1. The summed E-state index contributed by atoms with van der Waals surface area (Å²) >= 11 is 0. The summed E-state index contributed by atoms with van der Waals surface area (Å²) in [6.07, 6.45) is -4.51. The van der Waals surface area contributed by atoms with Crippen LogP contribution in [-0.2, 0) is 11.0 Å². The average molecular weight is 322 g/mol. The van der Waals surface area contributed by atoms with Crippen molar-refractivity contribution in [1.82, 2.24) is 0 Å². The molecule has 2 aromatic carbocycles. The summed E-state index contributed by atoms with van der Waals surface area (Å²) in [5, 5.41) is 5.19. The van der Waals surface area contributed by atoms with Gasteiger partial charge in [-0.3, -0.25) is 4.79 Å². The molecule has 0 bridgehead atoms. The van der Waals surface area contributed by atoms with Crippen molar-refractivity contribution in [3.8, 4) is 0 Å². The van der Waals surface area contributed by atoms with E-state index >= 15 is 0 Å². The highest BCUT2D eigenvalue weighted by atomic mass is 19.4. The highest BCUT2D eigenvalue weighted by Gasteiger charge is 2.33. The Bertz CT molecular complexity index is 711. The van der Waals surface area contributed by atoms with Crippen LogP contribution in [0.3, 0.4) is 0 Å². The quantitative estimate of drug-likeness (QED) is 0.877. The van der Waals surface area contributed by atoms with Crippen LogP contribution < -0.4 is 10.6 Å². The van der Waals surface area contributed by atoms with Gasteiger partial charge in [0.15, 0.2) is 0 Å². The largest absolute Gasteiger partial charge is 0.418 e. The smallest absolute Gasteiger partial charge is 0.376 e. The van der Waals surface area contributed by atoms with Gasteiger partial charge in [0, 0.05) is 5.69 Å². The monoisotopic (exact) mass is 322 g/mol. The Hall–Kier alpha value is -2.50. The van der Waals surface area contributed by atoms with Crippen molar-refractivity contribution in [1.29, 1.82) is 0 Å². The normalized spacial score (nSPS) is 11.2. The number of rotatable bonds is 4. The zero-order valence-corrected chi connectivity index (χ0v) is 12.8. The van der Waals surface area contributed by atoms with Gasteiger partial charge in [0.1, 0.15) is 0 Å². The SMILES string of the molecule is Cc1ccc(NCC(=O)Nc2ccccc2C(F)(F)F)cc1C. The second-order valence-electron chi connectivity index (χ2n) is 5.24. The van der Waals surface area contributed by atoms with Crippen LogP contribution in [0.5, 0.6) is 0 Å². The van der Waals surface area contributed by atoms with Crippen molar-refractivity contribution in [2.75, 3.05) is 17.2 Å². The number of carbonyl (C=O) groups is 1. The molecule has 0 heterocycles. The third-order valence-corrected chi connectivity index (χ3v) is 3.47. The van der Waals surface area contributed by atoms with E-state index in [-0.39, 0.29) is 12.2 Å². The van der Waals surface area contributed by atoms with E-state index in [4.69, 9.17) is 0 Å². The molecule has 0 aliphatic carbocycles. The number of aryl methyl sites for hydroxylation is 2. The van der Waals surface area contributed by atoms with Gasteiger partial charge in [0.25, 0.3) is 0 Å². The van der Waals surface area contributed by atoms with Crippen LogP contribution >= 0.6 is 0 Å². The number of alkyl halides is 3. The lowest BCUT2D eigenvalue weighted by atomic mass is 10.1. The number of halogens is 3. The topological polar surface area (TPSA) is 41.1 Å². The lowest BCUT2D eigenvalue weighted by molar-refractivity contribution is -0.137. The molecule has 1 amide bonds. The van der Waals surface area contributed by atoms with Crippen LogP contribution in [0.25, 0.3) is 0 Å². The van der Waals surface area contributed by atoms with Crippen LogP contribution in [0, 0.1) is 13.8 Å². The number of hydrogen-bond acceptors (Lipinski definition) is 2. The van der Waals surface area contributed by atoms with E-state index in [1.54, 1.807) is 0 Å². The number of nitrogens with one attached hydrogen (secondary N) is 2. The fourth-order valence-corrected chi connectivity index (χ4v) is 2.07. The summed E-state index contributed by atoms with van der Waals surface area (Å²) in [4.78, 5) is 11.9. The van der Waals surface area contributed by atoms with E-state index in [1.165, 1.54) is 18.2 Å². The molecule has 0 aliphatic rings. The van der Waals surface area contributed by atoms with Gasteiger partial charge < -0.3 is 10.6 Å². The average Bonchev–Trinajstić information content (AvgIpc) is 2.48. The molecule has 2 aromatic rings. The molecule has 0 saturated heterocycles. The number of anilines is 2. The molecule has 0 aliphatic heterocycles. The minimum absolute atomic E-state index is 0.116. The van der Waals surface area contributed by atoms with Gasteiger partial charge in [-0.15, -0.1) is 0 Å². The van der Waals surface area contributed by atoms with Crippen LogP contribution in [0.2, 0.25) is 0 Å². The van der Waals surface area contributed by atoms with E-state index < -0.39 is 17.6 Å². The number of benzene rings is 2. The lowest BCUT2D eigenvalue weighted by Crippen LogP contribution is -2.23. The van der Waals surface area contributed by atoms with Crippen LogP contribution in [0.4, 0.5) is 24.5 Å². The minimum atomic E-state index is -4.51. The van der Waals surface area contributed by atoms with Crippen LogP contribution in [0.15, 0.2) is 42.5 Å². The molecule has 0 unspecified atom stereocenters. The third kappa shape index (κ3) is 4.48. The van der Waals surface area contributed by atoms with E-state index in [0.717, 1.165) is 22.9 Å². The van der Waals surface area contributed by atoms with Gasteiger partial charge in [-0.25, -0.2) is 0 Å². The maximum Gasteiger partial charge on any atom is 0.418 e. The molecular weight excluding hydrogens is 305 g/mol. The molecule has 0 spiro atoms. The first-order valence-corrected chi connectivity index (χ1v) is 7.04. The maximum absolute atomic E-state index is 12.9. The van der Waals surface area contributed by atoms with Crippen molar-refractivity contribution in [2.45, 2.75) is 20.0 Å².